The Labute approximate surface area is 272 Å². The molecule has 0 aromatic heterocycles. The maximum atomic E-state index is 13.3. The summed E-state index contributed by atoms with van der Waals surface area (Å²) < 4.78 is 26.4. The van der Waals surface area contributed by atoms with Crippen molar-refractivity contribution in [2.45, 2.75) is 93.5 Å². The number of carboxylic acids is 2. The van der Waals surface area contributed by atoms with Gasteiger partial charge in [-0.15, -0.1) is 0 Å². The summed E-state index contributed by atoms with van der Waals surface area (Å²) in [6, 6.07) is 2.94. The topological polar surface area (TPSA) is 253 Å². The van der Waals surface area contributed by atoms with E-state index in [0.29, 0.717) is 24.9 Å². The van der Waals surface area contributed by atoms with Crippen molar-refractivity contribution < 1.29 is 78.0 Å². The van der Waals surface area contributed by atoms with Gasteiger partial charge in [0.1, 0.15) is 5.76 Å². The van der Waals surface area contributed by atoms with Gasteiger partial charge in [-0.1, -0.05) is 6.07 Å². The average Bonchev–Trinajstić information content (AvgIpc) is 3.37. The van der Waals surface area contributed by atoms with Crippen molar-refractivity contribution in [3.63, 3.8) is 0 Å². The fourth-order valence-electron chi connectivity index (χ4n) is 7.01. The van der Waals surface area contributed by atoms with Crippen molar-refractivity contribution in [1.82, 2.24) is 4.90 Å². The molecule has 1 saturated heterocycles. The van der Waals surface area contributed by atoms with Crippen LogP contribution in [0.2, 0.25) is 0 Å². The van der Waals surface area contributed by atoms with Crippen molar-refractivity contribution in [3.05, 3.63) is 35.1 Å². The van der Waals surface area contributed by atoms with Crippen LogP contribution < -0.4 is 4.74 Å². The number of carbonyl (C=O) groups excluding carboxylic acids is 4. The third kappa shape index (κ3) is 5.81. The van der Waals surface area contributed by atoms with Crippen LogP contribution in [0.15, 0.2) is 24.0 Å². The van der Waals surface area contributed by atoms with E-state index in [1.165, 1.54) is 12.1 Å². The zero-order valence-electron chi connectivity index (χ0n) is 26.1. The van der Waals surface area contributed by atoms with Crippen molar-refractivity contribution >= 4 is 35.8 Å². The minimum atomic E-state index is -2.20. The van der Waals surface area contributed by atoms with E-state index in [1.54, 1.807) is 6.07 Å². The number of aliphatic carboxylic acids is 2. The molecule has 5 rings (SSSR count). The highest BCUT2D eigenvalue weighted by Crippen LogP contribution is 2.65. The van der Waals surface area contributed by atoms with Gasteiger partial charge in [0.15, 0.2) is 35.9 Å². The first-order chi connectivity index (χ1) is 22.5. The van der Waals surface area contributed by atoms with Gasteiger partial charge < -0.3 is 54.1 Å². The number of aliphatic hydroxyl groups excluding tert-OH is 1. The van der Waals surface area contributed by atoms with Gasteiger partial charge in [0.2, 0.25) is 6.10 Å². The van der Waals surface area contributed by atoms with Gasteiger partial charge in [-0.3, -0.25) is 9.59 Å². The summed E-state index contributed by atoms with van der Waals surface area (Å²) in [7, 11) is 1.90. The van der Waals surface area contributed by atoms with Crippen molar-refractivity contribution in [2.24, 2.45) is 0 Å². The van der Waals surface area contributed by atoms with Crippen LogP contribution in [0.1, 0.15) is 50.7 Å². The van der Waals surface area contributed by atoms with Gasteiger partial charge in [-0.2, -0.15) is 0 Å². The number of likely N-dealkylation sites (tertiary alicyclic amines) is 1. The highest BCUT2D eigenvalue weighted by molar-refractivity contribution is 5.88. The molecule has 0 unspecified atom stereocenters. The lowest BCUT2D eigenvalue weighted by Gasteiger charge is -2.61. The van der Waals surface area contributed by atoms with Crippen LogP contribution in [0.5, 0.6) is 11.5 Å². The summed E-state index contributed by atoms with van der Waals surface area (Å²) >= 11 is 0. The van der Waals surface area contributed by atoms with Crippen LogP contribution in [0.25, 0.3) is 0 Å². The third-order valence-corrected chi connectivity index (χ3v) is 9.38. The number of piperidine rings is 1. The number of aliphatic hydroxyl groups is 2. The lowest BCUT2D eigenvalue weighted by atomic mass is 9.50. The molecular formula is C31H35NO16. The summed E-state index contributed by atoms with van der Waals surface area (Å²) in [4.78, 5) is 75.0. The molecule has 5 N–H and O–H groups in total. The van der Waals surface area contributed by atoms with Crippen LogP contribution in [0.3, 0.4) is 0 Å². The van der Waals surface area contributed by atoms with Crippen molar-refractivity contribution in [3.8, 4) is 11.5 Å². The Morgan fingerprint density at radius 2 is 1.67 bits per heavy atom. The summed E-state index contributed by atoms with van der Waals surface area (Å²) in [5.74, 6) is -8.57. The van der Waals surface area contributed by atoms with Crippen LogP contribution in [-0.2, 0) is 59.6 Å². The lowest BCUT2D eigenvalue weighted by molar-refractivity contribution is -0.184. The number of hydrogen-bond donors (Lipinski definition) is 5. The fourth-order valence-corrected chi connectivity index (χ4v) is 7.01. The normalized spacial score (nSPS) is 27.5. The van der Waals surface area contributed by atoms with Gasteiger partial charge in [-0.25, -0.2) is 19.2 Å². The summed E-state index contributed by atoms with van der Waals surface area (Å²) in [6.07, 6.45) is -8.43. The van der Waals surface area contributed by atoms with Crippen LogP contribution in [-0.4, -0.2) is 122 Å². The van der Waals surface area contributed by atoms with E-state index in [1.807, 2.05) is 11.9 Å². The Bertz CT molecular complexity index is 1590. The summed E-state index contributed by atoms with van der Waals surface area (Å²) in [5, 5.41) is 50.3. The van der Waals surface area contributed by atoms with Gasteiger partial charge >= 0.3 is 35.8 Å². The molecule has 17 nitrogen and oxygen atoms in total. The molecular weight excluding hydrogens is 642 g/mol. The van der Waals surface area contributed by atoms with Gasteiger partial charge in [0, 0.05) is 18.0 Å². The number of carbonyl (C=O) groups is 6. The number of nitrogens with zero attached hydrogens (tertiary/aromatic N) is 1. The zero-order chi connectivity index (χ0) is 35.3. The number of rotatable bonds is 12. The lowest BCUT2D eigenvalue weighted by Crippen LogP contribution is -2.74. The van der Waals surface area contributed by atoms with E-state index in [2.05, 4.69) is 4.74 Å². The molecule has 4 aliphatic rings. The number of phenols is 1. The Balaban J connectivity index is 1.37. The SMILES string of the molecule is C[C@H](OC(=O)[C@H](C)OC(=O)[C@H](CC(=O)OC1=CC[C@@]2(O)[C@@H]3Cc4ccc(O)c5c4[C@@]2(CCN3C)[C@H]1O5)OC(=O)C[C@H](O)C(=O)O)C(=O)O. The van der Waals surface area contributed by atoms with Gasteiger partial charge in [0.05, 0.1) is 23.9 Å². The molecule has 0 saturated carbocycles. The van der Waals surface area contributed by atoms with Gasteiger partial charge in [0.25, 0.3) is 0 Å². The molecule has 2 bridgehead atoms. The van der Waals surface area contributed by atoms with E-state index < -0.39 is 90.2 Å². The maximum Gasteiger partial charge on any atom is 0.348 e. The summed E-state index contributed by atoms with van der Waals surface area (Å²) in [5.41, 5.74) is -0.964. The van der Waals surface area contributed by atoms with Crippen molar-refractivity contribution in [2.75, 3.05) is 13.6 Å². The number of carboxylic acid groups (broad SMARTS) is 2. The second kappa shape index (κ2) is 12.7. The molecule has 0 amide bonds. The Hall–Kier alpha value is -4.74. The van der Waals surface area contributed by atoms with E-state index in [-0.39, 0.29) is 29.7 Å². The number of hydrogen-bond acceptors (Lipinski definition) is 15. The quantitative estimate of drug-likeness (QED) is 0.135. The monoisotopic (exact) mass is 677 g/mol. The number of aromatic hydroxyl groups is 1. The smallest absolute Gasteiger partial charge is 0.348 e. The predicted octanol–water partition coefficient (Wildman–Crippen LogP) is -0.701. The molecule has 0 radical (unpaired) electrons. The molecule has 260 valence electrons. The molecule has 1 fully saturated rings. The minimum absolute atomic E-state index is 0.0317. The number of benzene rings is 1. The second-order valence-electron chi connectivity index (χ2n) is 12.3. The summed E-state index contributed by atoms with van der Waals surface area (Å²) in [6.45, 7) is 2.64. The zero-order valence-corrected chi connectivity index (χ0v) is 26.1. The Morgan fingerprint density at radius 1 is 0.979 bits per heavy atom. The van der Waals surface area contributed by atoms with Gasteiger partial charge in [-0.05, 0) is 58.0 Å². The first-order valence-corrected chi connectivity index (χ1v) is 15.1. The first kappa shape index (κ1) is 34.6. The molecule has 1 spiro atoms. The first-order valence-electron chi connectivity index (χ1n) is 15.1. The number of phenolic OH excluding ortho intramolecular Hbond substituents is 1. The van der Waals surface area contributed by atoms with E-state index in [9.17, 15) is 44.1 Å². The highest BCUT2D eigenvalue weighted by atomic mass is 16.6. The molecule has 8 atom stereocenters. The molecule has 2 aliphatic heterocycles. The minimum Gasteiger partial charge on any atom is -0.504 e. The number of likely N-dealkylation sites (N-methyl/N-ethyl adjacent to an activating group) is 1. The largest absolute Gasteiger partial charge is 0.504 e. The van der Waals surface area contributed by atoms with E-state index in [4.69, 9.17) is 29.2 Å². The molecule has 2 aliphatic carbocycles. The van der Waals surface area contributed by atoms with Crippen LogP contribution >= 0.6 is 0 Å². The molecule has 17 heteroatoms. The Morgan fingerprint density at radius 3 is 2.33 bits per heavy atom. The van der Waals surface area contributed by atoms with E-state index in [0.717, 1.165) is 19.4 Å². The highest BCUT2D eigenvalue weighted by Gasteiger charge is 2.72. The molecule has 1 aromatic rings. The van der Waals surface area contributed by atoms with E-state index >= 15 is 0 Å². The number of ether oxygens (including phenoxy) is 5. The van der Waals surface area contributed by atoms with Crippen molar-refractivity contribution in [1.29, 1.82) is 0 Å². The predicted molar refractivity (Wildman–Crippen MR) is 154 cm³/mol. The van der Waals surface area contributed by atoms with Crippen LogP contribution in [0.4, 0.5) is 0 Å². The van der Waals surface area contributed by atoms with Crippen LogP contribution in [0, 0.1) is 0 Å². The Kier molecular flexibility index (Phi) is 9.15. The average molecular weight is 678 g/mol. The fraction of sp³-hybridized carbons (Fsp3) is 0.548. The maximum absolute atomic E-state index is 13.3. The third-order valence-electron chi connectivity index (χ3n) is 9.38. The standard InChI is InChI=1S/C31H35NO16/c1-13(26(37)38)44-28(41)14(2)45-29(42)19(47-21(35)11-17(34)27(39)40)12-22(36)46-18-6-7-31(43)20-10-15-4-5-16(33)24-23(15)30(31,25(18)48-24)8-9-32(20)3/h4-6,13-14,17,19-20,25,33-34,43H,7-12H2,1-3H3,(H,37,38)(H,39,40)/t13-,14-,17-,19-,20-,25-,30-,31+/m0/s1. The molecule has 2 heterocycles. The molecule has 1 aromatic carbocycles. The second-order valence-corrected chi connectivity index (χ2v) is 12.3. The number of esters is 4. The molecule has 48 heavy (non-hydrogen) atoms.